The molecule has 0 aliphatic carbocycles. The van der Waals surface area contributed by atoms with Gasteiger partial charge in [0.15, 0.2) is 0 Å². The highest BCUT2D eigenvalue weighted by atomic mass is 127. The van der Waals surface area contributed by atoms with Gasteiger partial charge in [-0.15, -0.1) is 10.2 Å². The second kappa shape index (κ2) is 8.22. The molecule has 8 heteroatoms. The highest BCUT2D eigenvalue weighted by Crippen LogP contribution is 2.19. The van der Waals surface area contributed by atoms with Gasteiger partial charge < -0.3 is 9.47 Å². The quantitative estimate of drug-likeness (QED) is 0.631. The number of hydrogen-bond donors (Lipinski definition) is 0. The highest BCUT2D eigenvalue weighted by molar-refractivity contribution is 14.1. The van der Waals surface area contributed by atoms with Crippen molar-refractivity contribution in [2.45, 2.75) is 38.8 Å². The number of benzene rings is 1. The van der Waals surface area contributed by atoms with Gasteiger partial charge in [0.25, 0.3) is 5.91 Å². The van der Waals surface area contributed by atoms with Gasteiger partial charge in [-0.3, -0.25) is 9.69 Å². The predicted octanol–water partition coefficient (Wildman–Crippen LogP) is 2.71. The summed E-state index contributed by atoms with van der Waals surface area (Å²) in [5, 5.41) is 8.78. The van der Waals surface area contributed by atoms with E-state index in [2.05, 4.69) is 19.7 Å². The van der Waals surface area contributed by atoms with E-state index in [-0.39, 0.29) is 11.7 Å². The van der Waals surface area contributed by atoms with Crippen molar-refractivity contribution in [1.82, 2.24) is 24.6 Å². The van der Waals surface area contributed by atoms with E-state index in [1.165, 1.54) is 31.4 Å². The molecular formula is C19H23FIN5O. The lowest BCUT2D eigenvalue weighted by molar-refractivity contribution is 0.0622. The van der Waals surface area contributed by atoms with Crippen LogP contribution in [0.5, 0.6) is 0 Å². The number of hydrogen-bond acceptors (Lipinski definition) is 4. The Morgan fingerprint density at radius 3 is 2.67 bits per heavy atom. The van der Waals surface area contributed by atoms with E-state index in [1.54, 1.807) is 6.07 Å². The van der Waals surface area contributed by atoms with Crippen LogP contribution in [-0.2, 0) is 19.5 Å². The third-order valence-corrected chi connectivity index (χ3v) is 6.26. The summed E-state index contributed by atoms with van der Waals surface area (Å²) in [5.74, 6) is 1.82. The number of aryl methyl sites for hydroxylation is 1. The molecule has 1 aromatic carbocycles. The zero-order valence-corrected chi connectivity index (χ0v) is 17.4. The van der Waals surface area contributed by atoms with Crippen LogP contribution in [0.25, 0.3) is 0 Å². The normalized spacial score (nSPS) is 18.2. The predicted molar refractivity (Wildman–Crippen MR) is 108 cm³/mol. The maximum atomic E-state index is 13.3. The second-order valence-electron chi connectivity index (χ2n) is 7.19. The van der Waals surface area contributed by atoms with Crippen LogP contribution in [0.15, 0.2) is 18.2 Å². The Morgan fingerprint density at radius 2 is 1.89 bits per heavy atom. The Balaban J connectivity index is 1.37. The lowest BCUT2D eigenvalue weighted by Crippen LogP contribution is -2.48. The fraction of sp³-hybridized carbons (Fsp3) is 0.526. The van der Waals surface area contributed by atoms with Crippen molar-refractivity contribution in [1.29, 1.82) is 0 Å². The molecule has 0 N–H and O–H groups in total. The van der Waals surface area contributed by atoms with Crippen molar-refractivity contribution in [2.75, 3.05) is 26.2 Å². The first-order valence-electron chi connectivity index (χ1n) is 9.49. The Kier molecular flexibility index (Phi) is 5.72. The molecule has 3 heterocycles. The van der Waals surface area contributed by atoms with Crippen LogP contribution >= 0.6 is 22.6 Å². The Morgan fingerprint density at radius 1 is 1.07 bits per heavy atom. The number of amides is 1. The number of piperazine rings is 1. The zero-order valence-electron chi connectivity index (χ0n) is 15.2. The average Bonchev–Trinajstić information content (AvgIpc) is 2.88. The summed E-state index contributed by atoms with van der Waals surface area (Å²) in [5.41, 5.74) is 0.577. The van der Waals surface area contributed by atoms with E-state index in [4.69, 9.17) is 0 Å². The summed E-state index contributed by atoms with van der Waals surface area (Å²) >= 11 is 2.02. The van der Waals surface area contributed by atoms with Crippen LogP contribution < -0.4 is 0 Å². The topological polar surface area (TPSA) is 54.3 Å². The summed E-state index contributed by atoms with van der Waals surface area (Å²) in [6.07, 6.45) is 4.66. The molecule has 1 amide bonds. The fourth-order valence-electron chi connectivity index (χ4n) is 3.80. The molecule has 0 bridgehead atoms. The van der Waals surface area contributed by atoms with Crippen LogP contribution in [0.4, 0.5) is 4.39 Å². The van der Waals surface area contributed by atoms with E-state index >= 15 is 0 Å². The summed E-state index contributed by atoms with van der Waals surface area (Å²) in [4.78, 5) is 16.9. The number of carbonyl (C=O) groups excluding carboxylic acids is 1. The van der Waals surface area contributed by atoms with Crippen LogP contribution in [0.3, 0.4) is 0 Å². The molecule has 0 saturated carbocycles. The summed E-state index contributed by atoms with van der Waals surface area (Å²) in [6.45, 7) is 4.76. The molecule has 1 aromatic heterocycles. The monoisotopic (exact) mass is 483 g/mol. The van der Waals surface area contributed by atoms with Crippen molar-refractivity contribution in [3.8, 4) is 0 Å². The minimum absolute atomic E-state index is 0.0182. The number of rotatable bonds is 3. The maximum absolute atomic E-state index is 13.3. The Hall–Kier alpha value is -1.55. The lowest BCUT2D eigenvalue weighted by atomic mass is 10.1. The van der Waals surface area contributed by atoms with Gasteiger partial charge in [0, 0.05) is 42.7 Å². The molecule has 0 atom stereocenters. The molecule has 2 aromatic rings. The van der Waals surface area contributed by atoms with Gasteiger partial charge in [0.05, 0.1) is 12.1 Å². The number of carbonyl (C=O) groups is 1. The van der Waals surface area contributed by atoms with Crippen molar-refractivity contribution in [3.05, 3.63) is 44.8 Å². The van der Waals surface area contributed by atoms with Gasteiger partial charge in [-0.1, -0.05) is 6.42 Å². The molecule has 27 heavy (non-hydrogen) atoms. The van der Waals surface area contributed by atoms with Gasteiger partial charge in [-0.2, -0.15) is 0 Å². The van der Waals surface area contributed by atoms with Crippen molar-refractivity contribution >= 4 is 28.5 Å². The third-order valence-electron chi connectivity index (χ3n) is 5.37. The SMILES string of the molecule is O=C(c1ccc(F)cc1I)N1CCN(Cc2nnc3n2CCCCC3)CC1. The minimum atomic E-state index is -0.312. The van der Waals surface area contributed by atoms with Crippen LogP contribution in [0, 0.1) is 9.39 Å². The Bertz CT molecular complexity index is 832. The average molecular weight is 483 g/mol. The Labute approximate surface area is 171 Å². The van der Waals surface area contributed by atoms with Gasteiger partial charge in [0.1, 0.15) is 17.5 Å². The summed E-state index contributed by atoms with van der Waals surface area (Å²) < 4.78 is 16.2. The van der Waals surface area contributed by atoms with E-state index in [9.17, 15) is 9.18 Å². The van der Waals surface area contributed by atoms with Gasteiger partial charge in [0.2, 0.25) is 0 Å². The van der Waals surface area contributed by atoms with Crippen molar-refractivity contribution in [2.24, 2.45) is 0 Å². The molecule has 6 nitrogen and oxygen atoms in total. The smallest absolute Gasteiger partial charge is 0.255 e. The third kappa shape index (κ3) is 4.16. The maximum Gasteiger partial charge on any atom is 0.255 e. The zero-order chi connectivity index (χ0) is 18.8. The molecule has 144 valence electrons. The van der Waals surface area contributed by atoms with Crippen molar-refractivity contribution < 1.29 is 9.18 Å². The van der Waals surface area contributed by atoms with Crippen LogP contribution in [0.1, 0.15) is 41.3 Å². The minimum Gasteiger partial charge on any atom is -0.336 e. The van der Waals surface area contributed by atoms with E-state index in [0.29, 0.717) is 22.2 Å². The van der Waals surface area contributed by atoms with Crippen LogP contribution in [0.2, 0.25) is 0 Å². The number of fused-ring (bicyclic) bond motifs is 1. The molecule has 2 aliphatic heterocycles. The van der Waals surface area contributed by atoms with Gasteiger partial charge >= 0.3 is 0 Å². The molecule has 0 unspecified atom stereocenters. The molecule has 0 radical (unpaired) electrons. The largest absolute Gasteiger partial charge is 0.336 e. The van der Waals surface area contributed by atoms with E-state index in [0.717, 1.165) is 44.2 Å². The second-order valence-corrected chi connectivity index (χ2v) is 8.35. The molecule has 1 saturated heterocycles. The lowest BCUT2D eigenvalue weighted by Gasteiger charge is -2.34. The van der Waals surface area contributed by atoms with Crippen LogP contribution in [-0.4, -0.2) is 56.7 Å². The van der Waals surface area contributed by atoms with Crippen molar-refractivity contribution in [3.63, 3.8) is 0 Å². The van der Waals surface area contributed by atoms with E-state index in [1.807, 2.05) is 27.5 Å². The highest BCUT2D eigenvalue weighted by Gasteiger charge is 2.25. The first-order chi connectivity index (χ1) is 13.1. The van der Waals surface area contributed by atoms with Gasteiger partial charge in [-0.25, -0.2) is 4.39 Å². The molecule has 1 fully saturated rings. The number of nitrogens with zero attached hydrogens (tertiary/aromatic N) is 5. The number of aromatic nitrogens is 3. The molecule has 4 rings (SSSR count). The molecule has 0 spiro atoms. The first kappa shape index (κ1) is 18.8. The fourth-order valence-corrected chi connectivity index (χ4v) is 4.51. The number of halogens is 2. The van der Waals surface area contributed by atoms with E-state index < -0.39 is 0 Å². The summed E-state index contributed by atoms with van der Waals surface area (Å²) in [6, 6.07) is 4.33. The summed E-state index contributed by atoms with van der Waals surface area (Å²) in [7, 11) is 0. The standard InChI is InChI=1S/C19H23FIN5O/c20-14-5-6-15(16(21)12-14)19(27)25-10-8-24(9-11-25)13-18-23-22-17-4-2-1-3-7-26(17)18/h5-6,12H,1-4,7-11,13H2. The molecular weight excluding hydrogens is 460 g/mol. The molecule has 2 aliphatic rings. The first-order valence-corrected chi connectivity index (χ1v) is 10.6. The van der Waals surface area contributed by atoms with Gasteiger partial charge in [-0.05, 0) is 53.6 Å².